The van der Waals surface area contributed by atoms with Gasteiger partial charge in [0.25, 0.3) is 0 Å². The highest BCUT2D eigenvalue weighted by molar-refractivity contribution is 6.13. The third kappa shape index (κ3) is 4.75. The van der Waals surface area contributed by atoms with Crippen molar-refractivity contribution in [3.05, 3.63) is 164 Å². The molecule has 234 valence electrons. The fourth-order valence-electron chi connectivity index (χ4n) is 6.43. The van der Waals surface area contributed by atoms with Gasteiger partial charge in [-0.2, -0.15) is 0 Å². The molecule has 0 saturated heterocycles. The number of benzene rings is 7. The van der Waals surface area contributed by atoms with Crippen LogP contribution in [0.4, 0.5) is 0 Å². The normalized spacial score (nSPS) is 13.3. The third-order valence-electron chi connectivity index (χ3n) is 8.88. The Bertz CT molecular complexity index is 3200. The van der Waals surface area contributed by atoms with Crippen molar-refractivity contribution in [3.63, 3.8) is 0 Å². The number of nitrogens with zero attached hydrogens (tertiary/aromatic N) is 3. The molecule has 0 atom stereocenters. The van der Waals surface area contributed by atoms with Crippen LogP contribution < -0.4 is 0 Å². The van der Waals surface area contributed by atoms with Crippen molar-refractivity contribution in [3.8, 4) is 56.4 Å². The van der Waals surface area contributed by atoms with E-state index in [1.165, 1.54) is 0 Å². The Morgan fingerprint density at radius 3 is 1.80 bits per heavy atom. The Hall–Kier alpha value is -6.85. The van der Waals surface area contributed by atoms with Gasteiger partial charge in [0.05, 0.1) is 8.22 Å². The summed E-state index contributed by atoms with van der Waals surface area (Å²) in [6.45, 7) is 0. The summed E-state index contributed by atoms with van der Waals surface area (Å²) in [7, 11) is 0. The minimum Gasteiger partial charge on any atom is -0.456 e. The highest BCUT2D eigenvalue weighted by atomic mass is 16.3. The molecule has 3 aromatic heterocycles. The molecule has 10 rings (SSSR count). The molecule has 0 aliphatic heterocycles. The molecule has 7 aromatic carbocycles. The number of hydrogen-bond donors (Lipinski definition) is 0. The lowest BCUT2D eigenvalue weighted by Gasteiger charge is -2.09. The summed E-state index contributed by atoms with van der Waals surface area (Å²) in [5.41, 5.74) is 5.48. The van der Waals surface area contributed by atoms with Crippen molar-refractivity contribution in [2.75, 3.05) is 0 Å². The first-order valence-corrected chi connectivity index (χ1v) is 16.1. The molecule has 0 radical (unpaired) electrons. The first-order chi connectivity index (χ1) is 27.3. The molecule has 0 unspecified atom stereocenters. The summed E-state index contributed by atoms with van der Waals surface area (Å²) < 4.78 is 67.0. The van der Waals surface area contributed by atoms with Crippen molar-refractivity contribution < 1.29 is 17.1 Å². The molecule has 0 aliphatic carbocycles. The highest BCUT2D eigenvalue weighted by Gasteiger charge is 2.17. The molecule has 0 saturated carbocycles. The molecular formula is C45H27N3O2. The van der Waals surface area contributed by atoms with E-state index in [1.807, 2.05) is 127 Å². The van der Waals surface area contributed by atoms with E-state index < -0.39 is 0 Å². The van der Waals surface area contributed by atoms with Crippen LogP contribution in [0.3, 0.4) is 0 Å². The first-order valence-electron chi connectivity index (χ1n) is 19.1. The quantitative estimate of drug-likeness (QED) is 0.186. The van der Waals surface area contributed by atoms with E-state index in [9.17, 15) is 4.11 Å². The largest absolute Gasteiger partial charge is 0.456 e. The lowest BCUT2D eigenvalue weighted by Crippen LogP contribution is -2.00. The molecule has 10 aromatic rings. The van der Waals surface area contributed by atoms with Gasteiger partial charge < -0.3 is 8.83 Å². The van der Waals surface area contributed by atoms with Crippen LogP contribution in [0.2, 0.25) is 0 Å². The predicted octanol–water partition coefficient (Wildman–Crippen LogP) is 12.0. The smallest absolute Gasteiger partial charge is 0.164 e. The zero-order valence-corrected chi connectivity index (χ0v) is 26.3. The predicted molar refractivity (Wildman–Crippen MR) is 202 cm³/mol. The van der Waals surface area contributed by atoms with Crippen LogP contribution in [0.25, 0.3) is 100 Å². The third-order valence-corrected chi connectivity index (χ3v) is 8.88. The van der Waals surface area contributed by atoms with Crippen molar-refractivity contribution in [1.82, 2.24) is 15.0 Å². The average molecular weight is 648 g/mol. The maximum Gasteiger partial charge on any atom is 0.164 e. The fraction of sp³-hybridized carbons (Fsp3) is 0. The minimum absolute atomic E-state index is 0.00189. The monoisotopic (exact) mass is 647 g/mol. The SMILES string of the molecule is [2H]c1c([2H])c(-c2ccc(-c3ccccc3)cc2)c2c(oc3c([2H])c(-c4nc(-c5ccccc5)nc(-c5ccc6oc7ccccc7c6c5)n4)c([2H])c([2H])c32)c1[2H]. The molecule has 5 nitrogen and oxygen atoms in total. The Balaban J connectivity index is 1.20. The van der Waals surface area contributed by atoms with Crippen LogP contribution >= 0.6 is 0 Å². The van der Waals surface area contributed by atoms with Gasteiger partial charge in [-0.15, -0.1) is 0 Å². The van der Waals surface area contributed by atoms with Crippen LogP contribution in [0.15, 0.2) is 172 Å². The topological polar surface area (TPSA) is 65.0 Å². The van der Waals surface area contributed by atoms with Crippen LogP contribution in [0.5, 0.6) is 0 Å². The number of aromatic nitrogens is 3. The van der Waals surface area contributed by atoms with E-state index in [-0.39, 0.29) is 75.1 Å². The molecule has 50 heavy (non-hydrogen) atoms. The molecule has 0 aliphatic rings. The fourth-order valence-corrected chi connectivity index (χ4v) is 6.43. The zero-order chi connectivity index (χ0) is 38.2. The molecule has 0 fully saturated rings. The number of furan rings is 2. The number of hydrogen-bond acceptors (Lipinski definition) is 5. The Morgan fingerprint density at radius 2 is 1.00 bits per heavy atom. The maximum absolute atomic E-state index is 9.49. The zero-order valence-electron chi connectivity index (χ0n) is 32.3. The molecule has 0 N–H and O–H groups in total. The van der Waals surface area contributed by atoms with Gasteiger partial charge >= 0.3 is 0 Å². The molecule has 0 amide bonds. The van der Waals surface area contributed by atoms with Gasteiger partial charge in [-0.3, -0.25) is 0 Å². The van der Waals surface area contributed by atoms with Gasteiger partial charge in [-0.05, 0) is 64.6 Å². The van der Waals surface area contributed by atoms with Gasteiger partial charge in [-0.1, -0.05) is 121 Å². The van der Waals surface area contributed by atoms with Crippen LogP contribution in [0.1, 0.15) is 8.22 Å². The summed E-state index contributed by atoms with van der Waals surface area (Å²) >= 11 is 0. The second-order valence-electron chi connectivity index (χ2n) is 11.9. The highest BCUT2D eigenvalue weighted by Crippen LogP contribution is 2.39. The lowest BCUT2D eigenvalue weighted by molar-refractivity contribution is 0.668. The maximum atomic E-state index is 9.49. The minimum atomic E-state index is -0.347. The number of rotatable bonds is 5. The van der Waals surface area contributed by atoms with E-state index >= 15 is 0 Å². The van der Waals surface area contributed by atoms with Gasteiger partial charge in [-0.25, -0.2) is 15.0 Å². The molecule has 0 spiro atoms. The van der Waals surface area contributed by atoms with E-state index in [0.29, 0.717) is 33.9 Å². The van der Waals surface area contributed by atoms with Crippen molar-refractivity contribution in [1.29, 1.82) is 0 Å². The number of para-hydroxylation sites is 1. The van der Waals surface area contributed by atoms with Crippen LogP contribution in [0, 0.1) is 0 Å². The Kier molecular flexibility index (Phi) is 5.17. The molecular weight excluding hydrogens is 615 g/mol. The average Bonchev–Trinajstić information content (AvgIpc) is 3.82. The summed E-state index contributed by atoms with van der Waals surface area (Å²) in [4.78, 5) is 14.4. The van der Waals surface area contributed by atoms with Crippen molar-refractivity contribution >= 4 is 43.9 Å². The summed E-state index contributed by atoms with van der Waals surface area (Å²) in [6.07, 6.45) is 0. The Labute approximate surface area is 295 Å². The van der Waals surface area contributed by atoms with E-state index in [1.54, 1.807) is 0 Å². The van der Waals surface area contributed by atoms with Gasteiger partial charge in [0.15, 0.2) is 17.5 Å². The van der Waals surface area contributed by atoms with Gasteiger partial charge in [0, 0.05) is 38.2 Å². The van der Waals surface area contributed by atoms with E-state index in [0.717, 1.165) is 27.5 Å². The molecule has 3 heterocycles. The summed E-state index contributed by atoms with van der Waals surface area (Å²) in [6, 6.07) is 38.3. The molecule has 5 heteroatoms. The van der Waals surface area contributed by atoms with Crippen molar-refractivity contribution in [2.24, 2.45) is 0 Å². The second kappa shape index (κ2) is 11.4. The molecule has 0 bridgehead atoms. The van der Waals surface area contributed by atoms with E-state index in [4.69, 9.17) is 27.9 Å². The van der Waals surface area contributed by atoms with Gasteiger partial charge in [0.1, 0.15) is 22.3 Å². The van der Waals surface area contributed by atoms with Gasteiger partial charge in [0.2, 0.25) is 0 Å². The summed E-state index contributed by atoms with van der Waals surface area (Å²) in [5, 5.41) is 2.15. The number of fused-ring (bicyclic) bond motifs is 6. The standard InChI is InChI=1S/C45H27N3O2/c1-3-10-28(11-4-1)29-18-20-30(21-19-29)34-15-9-17-40-42(34)36-24-22-33(27-41(36)50-40)45-47-43(31-12-5-2-6-13-31)46-44(48-45)32-23-25-39-37(26-32)35-14-7-8-16-38(35)49-39/h1-27H/i9D,15D,17D,22D,24D,27D. The van der Waals surface area contributed by atoms with Crippen LogP contribution in [-0.4, -0.2) is 15.0 Å². The summed E-state index contributed by atoms with van der Waals surface area (Å²) in [5.74, 6) is 0.607. The van der Waals surface area contributed by atoms with Crippen LogP contribution in [-0.2, 0) is 0 Å². The van der Waals surface area contributed by atoms with Crippen molar-refractivity contribution in [2.45, 2.75) is 0 Å². The van der Waals surface area contributed by atoms with E-state index in [2.05, 4.69) is 0 Å². The Morgan fingerprint density at radius 1 is 0.400 bits per heavy atom. The lowest BCUT2D eigenvalue weighted by atomic mass is 9.96. The first kappa shape index (κ1) is 22.7. The second-order valence-corrected chi connectivity index (χ2v) is 11.9.